The maximum Gasteiger partial charge on any atom is 0.251 e. The van der Waals surface area contributed by atoms with Crippen molar-refractivity contribution in [3.63, 3.8) is 0 Å². The van der Waals surface area contributed by atoms with E-state index < -0.39 is 5.82 Å². The smallest absolute Gasteiger partial charge is 0.251 e. The van der Waals surface area contributed by atoms with Gasteiger partial charge in [0.1, 0.15) is 11.0 Å². The molecule has 2 aromatic heterocycles. The zero-order valence-corrected chi connectivity index (χ0v) is 9.99. The number of hydrogen-bond donors (Lipinski definition) is 1. The number of amides is 1. The third-order valence-electron chi connectivity index (χ3n) is 2.24. The molecule has 0 atom stereocenters. The van der Waals surface area contributed by atoms with Crippen molar-refractivity contribution in [2.75, 3.05) is 0 Å². The van der Waals surface area contributed by atoms with Crippen molar-refractivity contribution in [3.8, 4) is 0 Å². The van der Waals surface area contributed by atoms with Crippen LogP contribution in [0.2, 0.25) is 5.15 Å². The topological polar surface area (TPSA) is 54.9 Å². The minimum atomic E-state index is -0.453. The van der Waals surface area contributed by atoms with Gasteiger partial charge in [-0.2, -0.15) is 0 Å². The summed E-state index contributed by atoms with van der Waals surface area (Å²) in [7, 11) is 0. The molecular weight excluding hydrogens is 257 g/mol. The molecule has 0 fully saturated rings. The number of halogens is 2. The first-order valence-electron chi connectivity index (χ1n) is 5.16. The van der Waals surface area contributed by atoms with Gasteiger partial charge in [-0.3, -0.25) is 9.78 Å². The number of carbonyl (C=O) groups excluding carboxylic acids is 1. The van der Waals surface area contributed by atoms with Gasteiger partial charge >= 0.3 is 0 Å². The van der Waals surface area contributed by atoms with E-state index in [0.717, 1.165) is 0 Å². The van der Waals surface area contributed by atoms with Gasteiger partial charge in [-0.15, -0.1) is 0 Å². The van der Waals surface area contributed by atoms with Gasteiger partial charge in [0.05, 0.1) is 12.2 Å². The van der Waals surface area contributed by atoms with Crippen LogP contribution in [0.25, 0.3) is 0 Å². The van der Waals surface area contributed by atoms with E-state index >= 15 is 0 Å². The summed E-state index contributed by atoms with van der Waals surface area (Å²) in [6, 6.07) is 5.74. The molecule has 0 aromatic carbocycles. The molecule has 6 heteroatoms. The second-order valence-corrected chi connectivity index (χ2v) is 3.87. The highest BCUT2D eigenvalue weighted by atomic mass is 35.5. The Hall–Kier alpha value is -2.01. The Kier molecular flexibility index (Phi) is 3.84. The summed E-state index contributed by atoms with van der Waals surface area (Å²) in [6.45, 7) is 0.0193. The third-order valence-corrected chi connectivity index (χ3v) is 2.45. The Labute approximate surface area is 108 Å². The summed E-state index contributed by atoms with van der Waals surface area (Å²) in [4.78, 5) is 19.3. The fourth-order valence-corrected chi connectivity index (χ4v) is 1.53. The molecule has 0 aliphatic rings. The number of pyridine rings is 2. The van der Waals surface area contributed by atoms with E-state index in [1.165, 1.54) is 36.7 Å². The molecule has 0 aliphatic carbocycles. The largest absolute Gasteiger partial charge is 0.346 e. The highest BCUT2D eigenvalue weighted by Gasteiger charge is 2.08. The van der Waals surface area contributed by atoms with Gasteiger partial charge in [-0.1, -0.05) is 11.6 Å². The summed E-state index contributed by atoms with van der Waals surface area (Å²) >= 11 is 5.67. The molecule has 0 aliphatic heterocycles. The maximum absolute atomic E-state index is 13.3. The lowest BCUT2D eigenvalue weighted by molar-refractivity contribution is 0.0950. The van der Waals surface area contributed by atoms with Crippen LogP contribution in [0.1, 0.15) is 16.1 Å². The second-order valence-electron chi connectivity index (χ2n) is 3.48. The Bertz CT molecular complexity index is 577. The normalized spacial score (nSPS) is 10.1. The minimum absolute atomic E-state index is 0.0193. The summed E-state index contributed by atoms with van der Waals surface area (Å²) in [5, 5.41) is 2.78. The quantitative estimate of drug-likeness (QED) is 0.866. The minimum Gasteiger partial charge on any atom is -0.346 e. The lowest BCUT2D eigenvalue weighted by Gasteiger charge is -2.05. The van der Waals surface area contributed by atoms with Crippen molar-refractivity contribution >= 4 is 17.5 Å². The van der Waals surface area contributed by atoms with E-state index in [2.05, 4.69) is 15.3 Å². The molecule has 2 heterocycles. The van der Waals surface area contributed by atoms with E-state index in [4.69, 9.17) is 11.6 Å². The first-order chi connectivity index (χ1) is 8.66. The number of hydrogen-bond acceptors (Lipinski definition) is 3. The van der Waals surface area contributed by atoms with Crippen LogP contribution in [-0.2, 0) is 6.54 Å². The molecular formula is C12H9ClFN3O. The van der Waals surface area contributed by atoms with Crippen LogP contribution in [0.5, 0.6) is 0 Å². The number of nitrogens with zero attached hydrogens (tertiary/aromatic N) is 2. The zero-order valence-electron chi connectivity index (χ0n) is 9.23. The van der Waals surface area contributed by atoms with Gasteiger partial charge in [0.2, 0.25) is 0 Å². The van der Waals surface area contributed by atoms with Gasteiger partial charge in [0, 0.05) is 18.0 Å². The maximum atomic E-state index is 13.3. The molecule has 1 amide bonds. The summed E-state index contributed by atoms with van der Waals surface area (Å²) in [6.07, 6.45) is 2.90. The zero-order chi connectivity index (χ0) is 13.0. The van der Waals surface area contributed by atoms with Crippen LogP contribution >= 0.6 is 11.6 Å². The standard InChI is InChI=1S/C12H9ClFN3O/c13-11-6-8(3-5-16-11)12(18)17-7-10-9(14)2-1-4-15-10/h1-6H,7H2,(H,17,18). The van der Waals surface area contributed by atoms with Crippen molar-refractivity contribution < 1.29 is 9.18 Å². The first kappa shape index (κ1) is 12.4. The SMILES string of the molecule is O=C(NCc1ncccc1F)c1ccnc(Cl)c1. The molecule has 2 aromatic rings. The van der Waals surface area contributed by atoms with Crippen molar-refractivity contribution in [2.24, 2.45) is 0 Å². The van der Waals surface area contributed by atoms with Gasteiger partial charge in [0.15, 0.2) is 0 Å². The van der Waals surface area contributed by atoms with Crippen molar-refractivity contribution in [2.45, 2.75) is 6.54 Å². The molecule has 0 unspecified atom stereocenters. The van der Waals surface area contributed by atoms with Crippen LogP contribution in [0.15, 0.2) is 36.7 Å². The molecule has 92 valence electrons. The van der Waals surface area contributed by atoms with Gasteiger partial charge in [-0.05, 0) is 24.3 Å². The Morgan fingerprint density at radius 3 is 2.89 bits per heavy atom. The van der Waals surface area contributed by atoms with Gasteiger partial charge < -0.3 is 5.32 Å². The molecule has 1 N–H and O–H groups in total. The van der Waals surface area contributed by atoms with E-state index in [9.17, 15) is 9.18 Å². The average Bonchev–Trinajstić information content (AvgIpc) is 2.37. The van der Waals surface area contributed by atoms with Crippen LogP contribution in [-0.4, -0.2) is 15.9 Å². The van der Waals surface area contributed by atoms with Gasteiger partial charge in [-0.25, -0.2) is 9.37 Å². The highest BCUT2D eigenvalue weighted by Crippen LogP contribution is 2.07. The number of nitrogens with one attached hydrogen (secondary N) is 1. The van der Waals surface area contributed by atoms with Crippen LogP contribution in [0.4, 0.5) is 4.39 Å². The lowest BCUT2D eigenvalue weighted by Crippen LogP contribution is -2.23. The monoisotopic (exact) mass is 265 g/mol. The molecule has 18 heavy (non-hydrogen) atoms. The van der Waals surface area contributed by atoms with Crippen LogP contribution < -0.4 is 5.32 Å². The molecule has 0 bridgehead atoms. The summed E-state index contributed by atoms with van der Waals surface area (Å²) < 4.78 is 13.3. The molecule has 0 spiro atoms. The second kappa shape index (κ2) is 5.55. The van der Waals surface area contributed by atoms with Crippen LogP contribution in [0.3, 0.4) is 0 Å². The van der Waals surface area contributed by atoms with Crippen LogP contribution in [0, 0.1) is 5.82 Å². The van der Waals surface area contributed by atoms with E-state index in [-0.39, 0.29) is 23.3 Å². The molecule has 2 rings (SSSR count). The predicted molar refractivity (Wildman–Crippen MR) is 64.6 cm³/mol. The highest BCUT2D eigenvalue weighted by molar-refractivity contribution is 6.29. The van der Waals surface area contributed by atoms with Crippen molar-refractivity contribution in [1.82, 2.24) is 15.3 Å². The molecule has 0 radical (unpaired) electrons. The van der Waals surface area contributed by atoms with E-state index in [1.54, 1.807) is 0 Å². The Balaban J connectivity index is 2.03. The van der Waals surface area contributed by atoms with E-state index in [1.807, 2.05) is 0 Å². The third kappa shape index (κ3) is 3.01. The lowest BCUT2D eigenvalue weighted by atomic mass is 10.2. The number of carbonyl (C=O) groups is 1. The fourth-order valence-electron chi connectivity index (χ4n) is 1.36. The summed E-state index contributed by atoms with van der Waals surface area (Å²) in [5.41, 5.74) is 0.553. The van der Waals surface area contributed by atoms with Crippen molar-refractivity contribution in [3.05, 3.63) is 58.9 Å². The fraction of sp³-hybridized carbons (Fsp3) is 0.0833. The van der Waals surface area contributed by atoms with E-state index in [0.29, 0.717) is 5.56 Å². The molecule has 4 nitrogen and oxygen atoms in total. The average molecular weight is 266 g/mol. The first-order valence-corrected chi connectivity index (χ1v) is 5.54. The van der Waals surface area contributed by atoms with Gasteiger partial charge in [0.25, 0.3) is 5.91 Å². The summed E-state index contributed by atoms with van der Waals surface area (Å²) in [5.74, 6) is -0.810. The molecule has 0 saturated heterocycles. The number of rotatable bonds is 3. The van der Waals surface area contributed by atoms with Crippen molar-refractivity contribution in [1.29, 1.82) is 0 Å². The Morgan fingerprint density at radius 2 is 2.17 bits per heavy atom. The number of aromatic nitrogens is 2. The predicted octanol–water partition coefficient (Wildman–Crippen LogP) is 2.20. The Morgan fingerprint density at radius 1 is 1.33 bits per heavy atom. The molecule has 0 saturated carbocycles.